The number of carbonyl (C=O) groups is 1. The molecule has 3 rings (SSSR count). The Kier molecular flexibility index (Phi) is 5.65. The molecule has 1 amide bonds. The van der Waals surface area contributed by atoms with Gasteiger partial charge in [0.1, 0.15) is 0 Å². The zero-order chi connectivity index (χ0) is 18.7. The normalized spacial score (nSPS) is 14.7. The summed E-state index contributed by atoms with van der Waals surface area (Å²) < 4.78 is 26.6. The topological polar surface area (TPSA) is 66.5 Å². The van der Waals surface area contributed by atoms with Crippen LogP contribution in [0.15, 0.2) is 42.5 Å². The molecule has 138 valence electrons. The quantitative estimate of drug-likeness (QED) is 0.848. The maximum Gasteiger partial charge on any atom is 0.225 e. The van der Waals surface area contributed by atoms with Crippen LogP contribution in [0.25, 0.3) is 0 Å². The Morgan fingerprint density at radius 1 is 1.19 bits per heavy atom. The average molecular weight is 393 g/mol. The molecule has 1 aliphatic rings. The standard InChI is InChI=1S/C19H21ClN2O3S/c1-14-6-7-17(12-18(14)20)21-19(23)9-11-26(24,25)22-10-8-15-4-2-3-5-16(15)13-22/h2-7,12H,8-11,13H2,1H3,(H,21,23). The molecule has 0 saturated heterocycles. The van der Waals surface area contributed by atoms with Crippen molar-refractivity contribution in [2.24, 2.45) is 0 Å². The van der Waals surface area contributed by atoms with Crippen molar-refractivity contribution in [2.45, 2.75) is 26.3 Å². The van der Waals surface area contributed by atoms with E-state index >= 15 is 0 Å². The zero-order valence-electron chi connectivity index (χ0n) is 14.5. The number of sulfonamides is 1. The Hall–Kier alpha value is -1.89. The first kappa shape index (κ1) is 18.9. The average Bonchev–Trinajstić information content (AvgIpc) is 2.63. The van der Waals surface area contributed by atoms with Gasteiger partial charge in [-0.25, -0.2) is 8.42 Å². The molecular formula is C19H21ClN2O3S. The zero-order valence-corrected chi connectivity index (χ0v) is 16.1. The number of halogens is 1. The second-order valence-corrected chi connectivity index (χ2v) is 8.93. The van der Waals surface area contributed by atoms with Crippen LogP contribution in [0.4, 0.5) is 5.69 Å². The minimum absolute atomic E-state index is 0.0913. The molecule has 1 aliphatic heterocycles. The third kappa shape index (κ3) is 4.44. The van der Waals surface area contributed by atoms with Crippen molar-refractivity contribution in [2.75, 3.05) is 17.6 Å². The Balaban J connectivity index is 1.58. The van der Waals surface area contributed by atoms with Gasteiger partial charge in [-0.15, -0.1) is 0 Å². The summed E-state index contributed by atoms with van der Waals surface area (Å²) in [4.78, 5) is 12.1. The van der Waals surface area contributed by atoms with Gasteiger partial charge in [0, 0.05) is 30.2 Å². The lowest BCUT2D eigenvalue weighted by Crippen LogP contribution is -2.38. The van der Waals surface area contributed by atoms with Gasteiger partial charge in [-0.05, 0) is 42.2 Å². The third-order valence-corrected chi connectivity index (χ3v) is 6.76. The molecule has 0 radical (unpaired) electrons. The van der Waals surface area contributed by atoms with Crippen LogP contribution in [-0.4, -0.2) is 30.9 Å². The fourth-order valence-corrected chi connectivity index (χ4v) is 4.54. The lowest BCUT2D eigenvalue weighted by atomic mass is 10.0. The minimum atomic E-state index is -3.48. The molecule has 0 spiro atoms. The number of amides is 1. The van der Waals surface area contributed by atoms with E-state index in [1.54, 1.807) is 18.2 Å². The number of nitrogens with one attached hydrogen (secondary N) is 1. The van der Waals surface area contributed by atoms with Gasteiger partial charge in [0.15, 0.2) is 0 Å². The molecule has 0 aromatic heterocycles. The van der Waals surface area contributed by atoms with Crippen LogP contribution in [0.3, 0.4) is 0 Å². The fourth-order valence-electron chi connectivity index (χ4n) is 2.95. The Labute approximate surface area is 159 Å². The maximum absolute atomic E-state index is 12.6. The Bertz CT molecular complexity index is 928. The fraction of sp³-hybridized carbons (Fsp3) is 0.316. The highest BCUT2D eigenvalue weighted by molar-refractivity contribution is 7.89. The highest BCUT2D eigenvalue weighted by Crippen LogP contribution is 2.22. The van der Waals surface area contributed by atoms with Crippen molar-refractivity contribution < 1.29 is 13.2 Å². The van der Waals surface area contributed by atoms with Gasteiger partial charge in [0.2, 0.25) is 15.9 Å². The first-order valence-electron chi connectivity index (χ1n) is 8.46. The molecule has 7 heteroatoms. The van der Waals surface area contributed by atoms with Gasteiger partial charge in [-0.1, -0.05) is 41.9 Å². The number of carbonyl (C=O) groups excluding carboxylic acids is 1. The van der Waals surface area contributed by atoms with Crippen LogP contribution in [-0.2, 0) is 27.8 Å². The molecule has 0 saturated carbocycles. The molecular weight excluding hydrogens is 372 g/mol. The molecule has 1 N–H and O–H groups in total. The molecule has 5 nitrogen and oxygen atoms in total. The molecule has 0 bridgehead atoms. The van der Waals surface area contributed by atoms with Gasteiger partial charge in [0.25, 0.3) is 0 Å². The summed E-state index contributed by atoms with van der Waals surface area (Å²) in [6.45, 7) is 2.69. The number of aryl methyl sites for hydroxylation is 1. The Morgan fingerprint density at radius 2 is 1.92 bits per heavy atom. The van der Waals surface area contributed by atoms with Crippen molar-refractivity contribution in [3.8, 4) is 0 Å². The van der Waals surface area contributed by atoms with Gasteiger partial charge < -0.3 is 5.32 Å². The van der Waals surface area contributed by atoms with Gasteiger partial charge in [-0.3, -0.25) is 4.79 Å². The van der Waals surface area contributed by atoms with E-state index in [1.807, 2.05) is 31.2 Å². The molecule has 1 heterocycles. The van der Waals surface area contributed by atoms with E-state index in [0.717, 1.165) is 11.1 Å². The highest BCUT2D eigenvalue weighted by atomic mass is 35.5. The van der Waals surface area contributed by atoms with E-state index < -0.39 is 10.0 Å². The van der Waals surface area contributed by atoms with E-state index in [4.69, 9.17) is 11.6 Å². The predicted octanol–water partition coefficient (Wildman–Crippen LogP) is 3.37. The van der Waals surface area contributed by atoms with Crippen LogP contribution in [0, 0.1) is 6.92 Å². The minimum Gasteiger partial charge on any atom is -0.326 e. The number of nitrogens with zero attached hydrogens (tertiary/aromatic N) is 1. The summed E-state index contributed by atoms with van der Waals surface area (Å²) in [7, 11) is -3.48. The van der Waals surface area contributed by atoms with Crippen molar-refractivity contribution >= 4 is 33.2 Å². The summed E-state index contributed by atoms with van der Waals surface area (Å²) in [6, 6.07) is 13.1. The SMILES string of the molecule is Cc1ccc(NC(=O)CCS(=O)(=O)N2CCc3ccccc3C2)cc1Cl. The van der Waals surface area contributed by atoms with Crippen LogP contribution in [0.2, 0.25) is 5.02 Å². The number of fused-ring (bicyclic) bond motifs is 1. The van der Waals surface area contributed by atoms with Crippen LogP contribution >= 0.6 is 11.6 Å². The Morgan fingerprint density at radius 3 is 2.65 bits per heavy atom. The monoisotopic (exact) mass is 392 g/mol. The first-order valence-corrected chi connectivity index (χ1v) is 10.4. The van der Waals surface area contributed by atoms with Crippen LogP contribution < -0.4 is 5.32 Å². The molecule has 0 aliphatic carbocycles. The molecule has 2 aromatic rings. The van der Waals surface area contributed by atoms with Crippen molar-refractivity contribution in [3.63, 3.8) is 0 Å². The smallest absolute Gasteiger partial charge is 0.225 e. The third-order valence-electron chi connectivity index (χ3n) is 4.53. The second kappa shape index (κ2) is 7.78. The van der Waals surface area contributed by atoms with E-state index in [9.17, 15) is 13.2 Å². The number of rotatable bonds is 5. The molecule has 0 unspecified atom stereocenters. The van der Waals surface area contributed by atoms with Crippen molar-refractivity contribution in [1.29, 1.82) is 0 Å². The lowest BCUT2D eigenvalue weighted by molar-refractivity contribution is -0.115. The molecule has 26 heavy (non-hydrogen) atoms. The summed E-state index contributed by atoms with van der Waals surface area (Å²) in [6.07, 6.45) is 0.607. The molecule has 0 atom stereocenters. The molecule has 0 fully saturated rings. The number of hydrogen-bond acceptors (Lipinski definition) is 3. The van der Waals surface area contributed by atoms with Gasteiger partial charge >= 0.3 is 0 Å². The highest BCUT2D eigenvalue weighted by Gasteiger charge is 2.26. The van der Waals surface area contributed by atoms with Crippen molar-refractivity contribution in [1.82, 2.24) is 4.31 Å². The number of anilines is 1. The van der Waals surface area contributed by atoms with E-state index in [0.29, 0.717) is 30.2 Å². The largest absolute Gasteiger partial charge is 0.326 e. The van der Waals surface area contributed by atoms with Crippen LogP contribution in [0.5, 0.6) is 0 Å². The predicted molar refractivity (Wildman–Crippen MR) is 104 cm³/mol. The van der Waals surface area contributed by atoms with E-state index in [-0.39, 0.29) is 18.1 Å². The first-order chi connectivity index (χ1) is 12.3. The second-order valence-electron chi connectivity index (χ2n) is 6.43. The maximum atomic E-state index is 12.6. The summed E-state index contributed by atoms with van der Waals surface area (Å²) in [5.74, 6) is -0.549. The van der Waals surface area contributed by atoms with Crippen LogP contribution in [0.1, 0.15) is 23.1 Å². The van der Waals surface area contributed by atoms with E-state index in [1.165, 1.54) is 9.87 Å². The van der Waals surface area contributed by atoms with Crippen molar-refractivity contribution in [3.05, 3.63) is 64.2 Å². The lowest BCUT2D eigenvalue weighted by Gasteiger charge is -2.28. The molecule has 2 aromatic carbocycles. The summed E-state index contributed by atoms with van der Waals surface area (Å²) in [5.41, 5.74) is 3.70. The van der Waals surface area contributed by atoms with Gasteiger partial charge in [0.05, 0.1) is 5.75 Å². The number of benzene rings is 2. The summed E-state index contributed by atoms with van der Waals surface area (Å²) >= 11 is 6.04. The summed E-state index contributed by atoms with van der Waals surface area (Å²) in [5, 5.41) is 3.25. The number of hydrogen-bond donors (Lipinski definition) is 1. The van der Waals surface area contributed by atoms with Gasteiger partial charge in [-0.2, -0.15) is 4.31 Å². The van der Waals surface area contributed by atoms with E-state index in [2.05, 4.69) is 5.32 Å².